The minimum absolute atomic E-state index is 0.0711. The number of benzene rings is 2. The van der Waals surface area contributed by atoms with Crippen LogP contribution in [-0.4, -0.2) is 51.1 Å². The number of aromatic nitrogens is 2. The number of amides is 1. The average Bonchev–Trinajstić information content (AvgIpc) is 3.23. The molecule has 1 fully saturated rings. The highest BCUT2D eigenvalue weighted by atomic mass is 35.5. The van der Waals surface area contributed by atoms with Gasteiger partial charge in [-0.3, -0.25) is 9.36 Å². The molecular formula is C20H19ClFN4O6P. The molecular weight excluding hydrogens is 478 g/mol. The van der Waals surface area contributed by atoms with Gasteiger partial charge in [0.15, 0.2) is 0 Å². The Morgan fingerprint density at radius 2 is 2.12 bits per heavy atom. The van der Waals surface area contributed by atoms with Crippen LogP contribution in [0.4, 0.5) is 21.6 Å². The van der Waals surface area contributed by atoms with E-state index in [0.29, 0.717) is 42.0 Å². The summed E-state index contributed by atoms with van der Waals surface area (Å²) in [6, 6.07) is 7.20. The van der Waals surface area contributed by atoms with Crippen molar-refractivity contribution < 1.29 is 33.0 Å². The van der Waals surface area contributed by atoms with E-state index >= 15 is 0 Å². The van der Waals surface area contributed by atoms with Gasteiger partial charge in [-0.2, -0.15) is 0 Å². The summed E-state index contributed by atoms with van der Waals surface area (Å²) >= 11 is 5.85. The topological polar surface area (TPSA) is 143 Å². The van der Waals surface area contributed by atoms with Gasteiger partial charge in [0.25, 0.3) is 0 Å². The van der Waals surface area contributed by atoms with Crippen LogP contribution in [0, 0.1) is 5.82 Å². The van der Waals surface area contributed by atoms with E-state index in [0.717, 1.165) is 0 Å². The number of carbonyl (C=O) groups excluding carboxylic acids is 1. The summed E-state index contributed by atoms with van der Waals surface area (Å²) in [5, 5.41) is 5.92. The first-order valence-electron chi connectivity index (χ1n) is 9.77. The third-order valence-corrected chi connectivity index (χ3v) is 5.71. The molecule has 0 bridgehead atoms. The predicted octanol–water partition coefficient (Wildman–Crippen LogP) is 3.45. The molecule has 0 spiro atoms. The molecule has 4 rings (SSSR count). The molecule has 13 heteroatoms. The highest BCUT2D eigenvalue weighted by molar-refractivity contribution is 7.52. The van der Waals surface area contributed by atoms with Crippen LogP contribution < -0.4 is 15.4 Å². The Bertz CT molecular complexity index is 1250. The highest BCUT2D eigenvalue weighted by Crippen LogP contribution is 2.37. The van der Waals surface area contributed by atoms with Crippen LogP contribution in [-0.2, 0) is 14.1 Å². The molecule has 2 aromatic carbocycles. The van der Waals surface area contributed by atoms with Gasteiger partial charge in [-0.25, -0.2) is 14.4 Å². The fourth-order valence-corrected chi connectivity index (χ4v) is 3.89. The number of hydrogen-bond donors (Lipinski definition) is 4. The van der Waals surface area contributed by atoms with Crippen LogP contribution in [0.2, 0.25) is 5.02 Å². The zero-order valence-corrected chi connectivity index (χ0v) is 18.6. The van der Waals surface area contributed by atoms with Crippen LogP contribution in [0.1, 0.15) is 6.42 Å². The summed E-state index contributed by atoms with van der Waals surface area (Å²) in [6.45, 7) is 0.907. The van der Waals surface area contributed by atoms with E-state index in [1.54, 1.807) is 6.07 Å². The standard InChI is InChI=1S/C20H19ClFN4O6P/c21-14-5-11(1-2-15(14)22)25-20-13-6-17(26-19(27)9-33(28,29)30)18(7-16(13)23-10-24-20)32-12-3-4-31-8-12/h1-2,5-7,10,12H,3-4,8-9H2,(H,26,27)(H,23,24,25)(H2,28,29,30). The van der Waals surface area contributed by atoms with Crippen molar-refractivity contribution in [2.24, 2.45) is 0 Å². The van der Waals surface area contributed by atoms with Gasteiger partial charge in [0.1, 0.15) is 36.0 Å². The quantitative estimate of drug-likeness (QED) is 0.361. The summed E-state index contributed by atoms with van der Waals surface area (Å²) in [5.74, 6) is -0.843. The van der Waals surface area contributed by atoms with E-state index in [9.17, 15) is 13.8 Å². The van der Waals surface area contributed by atoms with Gasteiger partial charge >= 0.3 is 7.60 Å². The lowest BCUT2D eigenvalue weighted by molar-refractivity contribution is -0.114. The molecule has 1 saturated heterocycles. The number of nitrogens with zero attached hydrogens (tertiary/aromatic N) is 2. The second kappa shape index (κ2) is 9.58. The Balaban J connectivity index is 1.72. The summed E-state index contributed by atoms with van der Waals surface area (Å²) in [7, 11) is -4.57. The smallest absolute Gasteiger partial charge is 0.334 e. The summed E-state index contributed by atoms with van der Waals surface area (Å²) in [6.07, 6.45) is 0.738. The molecule has 1 aliphatic heterocycles. The maximum atomic E-state index is 13.5. The van der Waals surface area contributed by atoms with Crippen molar-refractivity contribution in [2.45, 2.75) is 12.5 Å². The number of carbonyl (C=O) groups is 1. The van der Waals surface area contributed by atoms with Crippen LogP contribution in [0.25, 0.3) is 10.9 Å². The minimum Gasteiger partial charge on any atom is -0.486 e. The van der Waals surface area contributed by atoms with Gasteiger partial charge in [0, 0.05) is 23.6 Å². The molecule has 1 aromatic heterocycles. The first-order valence-corrected chi connectivity index (χ1v) is 12.0. The molecule has 0 saturated carbocycles. The van der Waals surface area contributed by atoms with Gasteiger partial charge in [-0.1, -0.05) is 11.6 Å². The molecule has 1 amide bonds. The van der Waals surface area contributed by atoms with Crippen molar-refractivity contribution in [1.82, 2.24) is 9.97 Å². The normalized spacial score (nSPS) is 16.1. The van der Waals surface area contributed by atoms with Gasteiger partial charge in [0.05, 0.1) is 29.4 Å². The number of halogens is 2. The molecule has 10 nitrogen and oxygen atoms in total. The zero-order chi connectivity index (χ0) is 23.6. The second-order valence-corrected chi connectivity index (χ2v) is 9.37. The van der Waals surface area contributed by atoms with Crippen molar-refractivity contribution >= 4 is 53.2 Å². The van der Waals surface area contributed by atoms with Crippen molar-refractivity contribution in [3.8, 4) is 5.75 Å². The Labute approximate surface area is 192 Å². The molecule has 174 valence electrons. The molecule has 0 aliphatic carbocycles. The molecule has 1 aliphatic rings. The van der Waals surface area contributed by atoms with Crippen molar-refractivity contribution in [3.05, 3.63) is 47.5 Å². The van der Waals surface area contributed by atoms with Gasteiger partial charge in [0.2, 0.25) is 5.91 Å². The fourth-order valence-electron chi connectivity index (χ4n) is 3.25. The van der Waals surface area contributed by atoms with Crippen LogP contribution in [0.5, 0.6) is 5.75 Å². The van der Waals surface area contributed by atoms with Crippen molar-refractivity contribution in [2.75, 3.05) is 30.0 Å². The lowest BCUT2D eigenvalue weighted by Gasteiger charge is -2.18. The largest absolute Gasteiger partial charge is 0.486 e. The summed E-state index contributed by atoms with van der Waals surface area (Å²) in [5.41, 5.74) is 1.13. The van der Waals surface area contributed by atoms with E-state index in [1.165, 1.54) is 30.6 Å². The summed E-state index contributed by atoms with van der Waals surface area (Å²) in [4.78, 5) is 38.9. The Kier molecular flexibility index (Phi) is 6.78. The first-order chi connectivity index (χ1) is 15.7. The fraction of sp³-hybridized carbons (Fsp3) is 0.250. The zero-order valence-electron chi connectivity index (χ0n) is 17.0. The minimum atomic E-state index is -4.57. The van der Waals surface area contributed by atoms with Gasteiger partial charge < -0.3 is 29.9 Å². The molecule has 2 heterocycles. The molecule has 1 atom stereocenters. The maximum absolute atomic E-state index is 13.5. The molecule has 3 aromatic rings. The number of rotatable bonds is 7. The average molecular weight is 497 g/mol. The Morgan fingerprint density at radius 3 is 2.82 bits per heavy atom. The predicted molar refractivity (Wildman–Crippen MR) is 120 cm³/mol. The second-order valence-electron chi connectivity index (χ2n) is 7.32. The van der Waals surface area contributed by atoms with Gasteiger partial charge in [-0.15, -0.1) is 0 Å². The number of anilines is 3. The van der Waals surface area contributed by atoms with E-state index < -0.39 is 25.5 Å². The number of fused-ring (bicyclic) bond motifs is 1. The number of nitrogens with one attached hydrogen (secondary N) is 2. The van der Waals surface area contributed by atoms with Crippen molar-refractivity contribution in [3.63, 3.8) is 0 Å². The van der Waals surface area contributed by atoms with Crippen LogP contribution in [0.15, 0.2) is 36.7 Å². The number of hydrogen-bond acceptors (Lipinski definition) is 7. The van der Waals surface area contributed by atoms with E-state index in [-0.39, 0.29) is 22.6 Å². The van der Waals surface area contributed by atoms with Crippen LogP contribution >= 0.6 is 19.2 Å². The lowest BCUT2D eigenvalue weighted by atomic mass is 10.1. The van der Waals surface area contributed by atoms with Gasteiger partial charge in [-0.05, 0) is 24.3 Å². The maximum Gasteiger partial charge on any atom is 0.334 e. The SMILES string of the molecule is O=C(CP(=O)(O)O)Nc1cc2c(Nc3ccc(F)c(Cl)c3)ncnc2cc1OC1CCOC1. The first kappa shape index (κ1) is 23.3. The summed E-state index contributed by atoms with van der Waals surface area (Å²) < 4.78 is 36.0. The molecule has 0 radical (unpaired) electrons. The third-order valence-electron chi connectivity index (χ3n) is 4.72. The van der Waals surface area contributed by atoms with E-state index in [2.05, 4.69) is 20.6 Å². The molecule has 33 heavy (non-hydrogen) atoms. The van der Waals surface area contributed by atoms with E-state index in [4.69, 9.17) is 30.9 Å². The van der Waals surface area contributed by atoms with Crippen molar-refractivity contribution in [1.29, 1.82) is 0 Å². The van der Waals surface area contributed by atoms with Crippen LogP contribution in [0.3, 0.4) is 0 Å². The molecule has 4 N–H and O–H groups in total. The Morgan fingerprint density at radius 1 is 1.30 bits per heavy atom. The molecule has 1 unspecified atom stereocenters. The third kappa shape index (κ3) is 5.95. The lowest BCUT2D eigenvalue weighted by Crippen LogP contribution is -2.20. The van der Waals surface area contributed by atoms with E-state index in [1.807, 2.05) is 0 Å². The Hall–Kier alpha value is -2.82. The number of ether oxygens (including phenoxy) is 2. The highest BCUT2D eigenvalue weighted by Gasteiger charge is 2.23. The monoisotopic (exact) mass is 496 g/mol.